The molecule has 3 nitrogen and oxygen atoms in total. The second-order valence-corrected chi connectivity index (χ2v) is 3.07. The van der Waals surface area contributed by atoms with Gasteiger partial charge in [0.1, 0.15) is 5.88 Å². The number of aliphatic hydroxyl groups excluding tert-OH is 1. The number of carbonyl (C=O) groups excluding carboxylic acids is 1. The number of aliphatic hydroxyl groups is 1. The number of carbonyl (C=O) groups is 1. The highest BCUT2D eigenvalue weighted by Crippen LogP contribution is 1.99. The third-order valence-electron chi connectivity index (χ3n) is 1.81. The van der Waals surface area contributed by atoms with Gasteiger partial charge in [0.15, 0.2) is 0 Å². The van der Waals surface area contributed by atoms with Gasteiger partial charge in [0.2, 0.25) is 5.91 Å². The first-order valence-electron chi connectivity index (χ1n) is 4.09. The SMILES string of the molecule is CCC(O)CCN(C)C(=O)CCl. The second kappa shape index (κ2) is 6.26. The van der Waals surface area contributed by atoms with E-state index >= 15 is 0 Å². The van der Waals surface area contributed by atoms with E-state index in [0.717, 1.165) is 6.42 Å². The highest BCUT2D eigenvalue weighted by molar-refractivity contribution is 6.27. The van der Waals surface area contributed by atoms with Crippen LogP contribution in [0, 0.1) is 0 Å². The normalized spacial score (nSPS) is 12.7. The summed E-state index contributed by atoms with van der Waals surface area (Å²) in [6, 6.07) is 0. The van der Waals surface area contributed by atoms with Gasteiger partial charge in [-0.15, -0.1) is 11.6 Å². The first-order chi connectivity index (χ1) is 5.61. The summed E-state index contributed by atoms with van der Waals surface area (Å²) >= 11 is 5.34. The third kappa shape index (κ3) is 4.57. The summed E-state index contributed by atoms with van der Waals surface area (Å²) in [6.07, 6.45) is 1.04. The zero-order valence-corrected chi connectivity index (χ0v) is 8.34. The lowest BCUT2D eigenvalue weighted by Crippen LogP contribution is -2.30. The molecule has 0 radical (unpaired) electrons. The van der Waals surface area contributed by atoms with E-state index in [0.29, 0.717) is 13.0 Å². The molecule has 72 valence electrons. The molecule has 0 aromatic carbocycles. The van der Waals surface area contributed by atoms with Gasteiger partial charge < -0.3 is 10.0 Å². The molecular formula is C8H16ClNO2. The fourth-order valence-corrected chi connectivity index (χ4v) is 0.978. The first-order valence-corrected chi connectivity index (χ1v) is 4.63. The Morgan fingerprint density at radius 1 is 1.67 bits per heavy atom. The summed E-state index contributed by atoms with van der Waals surface area (Å²) in [7, 11) is 1.69. The summed E-state index contributed by atoms with van der Waals surface area (Å²) in [5, 5.41) is 9.19. The average Bonchev–Trinajstić information content (AvgIpc) is 2.11. The number of hydrogen-bond donors (Lipinski definition) is 1. The Balaban J connectivity index is 3.56. The topological polar surface area (TPSA) is 40.5 Å². The Kier molecular flexibility index (Phi) is 6.11. The van der Waals surface area contributed by atoms with Crippen molar-refractivity contribution in [1.29, 1.82) is 0 Å². The van der Waals surface area contributed by atoms with E-state index in [1.54, 1.807) is 7.05 Å². The van der Waals surface area contributed by atoms with Gasteiger partial charge in [-0.05, 0) is 12.8 Å². The minimum absolute atomic E-state index is 0.0126. The zero-order chi connectivity index (χ0) is 9.56. The van der Waals surface area contributed by atoms with Crippen molar-refractivity contribution in [2.24, 2.45) is 0 Å². The highest BCUT2D eigenvalue weighted by Gasteiger charge is 2.08. The fraction of sp³-hybridized carbons (Fsp3) is 0.875. The molecule has 0 aromatic heterocycles. The van der Waals surface area contributed by atoms with E-state index in [9.17, 15) is 9.90 Å². The molecule has 1 unspecified atom stereocenters. The maximum Gasteiger partial charge on any atom is 0.237 e. The Labute approximate surface area is 78.3 Å². The number of amides is 1. The highest BCUT2D eigenvalue weighted by atomic mass is 35.5. The molecule has 0 heterocycles. The van der Waals surface area contributed by atoms with Crippen molar-refractivity contribution in [3.63, 3.8) is 0 Å². The predicted octanol–water partition coefficient (Wildman–Crippen LogP) is 0.845. The molecular weight excluding hydrogens is 178 g/mol. The van der Waals surface area contributed by atoms with Gasteiger partial charge in [-0.3, -0.25) is 4.79 Å². The van der Waals surface area contributed by atoms with E-state index in [1.165, 1.54) is 4.90 Å². The second-order valence-electron chi connectivity index (χ2n) is 2.80. The van der Waals surface area contributed by atoms with Crippen molar-refractivity contribution >= 4 is 17.5 Å². The van der Waals surface area contributed by atoms with E-state index in [1.807, 2.05) is 6.92 Å². The molecule has 0 spiro atoms. The largest absolute Gasteiger partial charge is 0.393 e. The van der Waals surface area contributed by atoms with Gasteiger partial charge in [-0.25, -0.2) is 0 Å². The van der Waals surface area contributed by atoms with Crippen LogP contribution in [0.2, 0.25) is 0 Å². The molecule has 0 aromatic rings. The summed E-state index contributed by atoms with van der Waals surface area (Å²) in [6.45, 7) is 2.48. The first kappa shape index (κ1) is 11.7. The molecule has 1 atom stereocenters. The van der Waals surface area contributed by atoms with Crippen LogP contribution in [0.5, 0.6) is 0 Å². The van der Waals surface area contributed by atoms with Crippen LogP contribution in [-0.2, 0) is 4.79 Å². The molecule has 0 fully saturated rings. The van der Waals surface area contributed by atoms with Crippen molar-refractivity contribution in [2.45, 2.75) is 25.9 Å². The molecule has 0 rings (SSSR count). The monoisotopic (exact) mass is 193 g/mol. The minimum Gasteiger partial charge on any atom is -0.393 e. The van der Waals surface area contributed by atoms with E-state index in [4.69, 9.17) is 11.6 Å². The number of alkyl halides is 1. The number of hydrogen-bond acceptors (Lipinski definition) is 2. The quantitative estimate of drug-likeness (QED) is 0.658. The van der Waals surface area contributed by atoms with Crippen LogP contribution >= 0.6 is 11.6 Å². The van der Waals surface area contributed by atoms with Gasteiger partial charge in [0.05, 0.1) is 6.10 Å². The Hall–Kier alpha value is -0.280. The lowest BCUT2D eigenvalue weighted by molar-refractivity contribution is -0.127. The minimum atomic E-state index is -0.310. The molecule has 0 aliphatic carbocycles. The maximum absolute atomic E-state index is 10.9. The molecule has 0 aliphatic rings. The van der Waals surface area contributed by atoms with Crippen LogP contribution in [0.1, 0.15) is 19.8 Å². The van der Waals surface area contributed by atoms with E-state index in [2.05, 4.69) is 0 Å². The third-order valence-corrected chi connectivity index (χ3v) is 2.04. The lowest BCUT2D eigenvalue weighted by Gasteiger charge is -2.17. The maximum atomic E-state index is 10.9. The van der Waals surface area contributed by atoms with Crippen LogP contribution in [-0.4, -0.2) is 41.5 Å². The smallest absolute Gasteiger partial charge is 0.237 e. The fourth-order valence-electron chi connectivity index (χ4n) is 0.774. The van der Waals surface area contributed by atoms with Crippen molar-refractivity contribution < 1.29 is 9.90 Å². The van der Waals surface area contributed by atoms with Gasteiger partial charge >= 0.3 is 0 Å². The summed E-state index contributed by atoms with van der Waals surface area (Å²) in [5.41, 5.74) is 0. The molecule has 0 bridgehead atoms. The molecule has 1 N–H and O–H groups in total. The van der Waals surface area contributed by atoms with Crippen molar-refractivity contribution in [3.05, 3.63) is 0 Å². The van der Waals surface area contributed by atoms with Gasteiger partial charge in [-0.2, -0.15) is 0 Å². The Morgan fingerprint density at radius 2 is 2.25 bits per heavy atom. The summed E-state index contributed by atoms with van der Waals surface area (Å²) < 4.78 is 0. The molecule has 1 amide bonds. The number of halogens is 1. The summed E-state index contributed by atoms with van der Waals surface area (Å²) in [4.78, 5) is 12.5. The predicted molar refractivity (Wildman–Crippen MR) is 49.3 cm³/mol. The van der Waals surface area contributed by atoms with Crippen molar-refractivity contribution in [3.8, 4) is 0 Å². The van der Waals surface area contributed by atoms with Gasteiger partial charge in [-0.1, -0.05) is 6.92 Å². The van der Waals surface area contributed by atoms with E-state index < -0.39 is 0 Å². The van der Waals surface area contributed by atoms with Gasteiger partial charge in [0.25, 0.3) is 0 Å². The molecule has 4 heteroatoms. The molecule has 0 saturated heterocycles. The average molecular weight is 194 g/mol. The number of nitrogens with zero attached hydrogens (tertiary/aromatic N) is 1. The standard InChI is InChI=1S/C8H16ClNO2/c1-3-7(11)4-5-10(2)8(12)6-9/h7,11H,3-6H2,1-2H3. The van der Waals surface area contributed by atoms with Gasteiger partial charge in [0, 0.05) is 13.6 Å². The van der Waals surface area contributed by atoms with Crippen LogP contribution in [0.3, 0.4) is 0 Å². The van der Waals surface area contributed by atoms with Crippen molar-refractivity contribution in [1.82, 2.24) is 4.90 Å². The zero-order valence-electron chi connectivity index (χ0n) is 7.59. The Morgan fingerprint density at radius 3 is 2.67 bits per heavy atom. The molecule has 12 heavy (non-hydrogen) atoms. The number of rotatable bonds is 5. The lowest BCUT2D eigenvalue weighted by atomic mass is 10.2. The van der Waals surface area contributed by atoms with Crippen LogP contribution in [0.25, 0.3) is 0 Å². The molecule has 0 saturated carbocycles. The van der Waals surface area contributed by atoms with Crippen LogP contribution in [0.15, 0.2) is 0 Å². The van der Waals surface area contributed by atoms with E-state index in [-0.39, 0.29) is 17.9 Å². The van der Waals surface area contributed by atoms with Crippen LogP contribution in [0.4, 0.5) is 0 Å². The van der Waals surface area contributed by atoms with Crippen molar-refractivity contribution in [2.75, 3.05) is 19.5 Å². The molecule has 0 aliphatic heterocycles. The summed E-state index contributed by atoms with van der Waals surface area (Å²) in [5.74, 6) is -0.0846. The Bertz CT molecular complexity index is 141. The van der Waals surface area contributed by atoms with Crippen LogP contribution < -0.4 is 0 Å².